The van der Waals surface area contributed by atoms with E-state index in [1.54, 1.807) is 0 Å². The van der Waals surface area contributed by atoms with Crippen molar-refractivity contribution in [3.8, 4) is 5.75 Å². The number of anilines is 5. The van der Waals surface area contributed by atoms with Gasteiger partial charge in [-0.3, -0.25) is 4.98 Å². The minimum Gasteiger partial charge on any atom is -0.406 e. The summed E-state index contributed by atoms with van der Waals surface area (Å²) in [5.41, 5.74) is 3.07. The second-order valence-corrected chi connectivity index (χ2v) is 8.06. The summed E-state index contributed by atoms with van der Waals surface area (Å²) >= 11 is 0. The van der Waals surface area contributed by atoms with Gasteiger partial charge in [-0.05, 0) is 55.5 Å². The van der Waals surface area contributed by atoms with Crippen molar-refractivity contribution in [2.24, 2.45) is 0 Å². The second-order valence-electron chi connectivity index (χ2n) is 8.06. The molecule has 0 spiro atoms. The van der Waals surface area contributed by atoms with Crippen LogP contribution in [0.15, 0.2) is 54.6 Å². The molecule has 0 unspecified atom stereocenters. The summed E-state index contributed by atoms with van der Waals surface area (Å²) in [5, 5.41) is 7.21. The van der Waals surface area contributed by atoms with Crippen LogP contribution in [0.4, 0.5) is 42.4 Å². The number of morpholine rings is 1. The molecule has 1 fully saturated rings. The lowest BCUT2D eigenvalue weighted by molar-refractivity contribution is -0.274. The molecular weight excluding hydrogens is 475 g/mol. The van der Waals surface area contributed by atoms with Crippen molar-refractivity contribution in [2.45, 2.75) is 13.3 Å². The van der Waals surface area contributed by atoms with Gasteiger partial charge in [0.25, 0.3) is 0 Å². The fraction of sp³-hybridized carbons (Fsp3) is 0.250. The smallest absolute Gasteiger partial charge is 0.406 e. The summed E-state index contributed by atoms with van der Waals surface area (Å²) in [7, 11) is 0. The van der Waals surface area contributed by atoms with E-state index in [1.165, 1.54) is 24.3 Å². The highest BCUT2D eigenvalue weighted by molar-refractivity contribution is 5.83. The summed E-state index contributed by atoms with van der Waals surface area (Å²) < 4.78 is 46.7. The molecule has 2 aromatic carbocycles. The number of aromatic nitrogens is 4. The van der Waals surface area contributed by atoms with Gasteiger partial charge in [-0.1, -0.05) is 6.07 Å². The average Bonchev–Trinajstić information content (AvgIpc) is 2.85. The van der Waals surface area contributed by atoms with E-state index in [2.05, 4.69) is 35.3 Å². The van der Waals surface area contributed by atoms with Crippen molar-refractivity contribution < 1.29 is 22.6 Å². The van der Waals surface area contributed by atoms with Crippen LogP contribution in [-0.2, 0) is 4.74 Å². The van der Waals surface area contributed by atoms with Crippen LogP contribution in [0, 0.1) is 6.92 Å². The number of benzene rings is 2. The van der Waals surface area contributed by atoms with Gasteiger partial charge in [0.05, 0.1) is 18.7 Å². The Labute approximate surface area is 204 Å². The van der Waals surface area contributed by atoms with Crippen molar-refractivity contribution in [1.82, 2.24) is 19.9 Å². The van der Waals surface area contributed by atoms with Crippen molar-refractivity contribution in [3.05, 3.63) is 60.3 Å². The van der Waals surface area contributed by atoms with Gasteiger partial charge in [0.2, 0.25) is 17.8 Å². The summed E-state index contributed by atoms with van der Waals surface area (Å²) in [6.45, 7) is 4.28. The zero-order valence-electron chi connectivity index (χ0n) is 19.2. The first-order valence-corrected chi connectivity index (χ1v) is 11.2. The Balaban J connectivity index is 1.41. The van der Waals surface area contributed by atoms with E-state index in [0.717, 1.165) is 22.3 Å². The number of aryl methyl sites for hydroxylation is 1. The van der Waals surface area contributed by atoms with E-state index in [-0.39, 0.29) is 11.7 Å². The molecule has 186 valence electrons. The summed E-state index contributed by atoms with van der Waals surface area (Å²) in [6, 6.07) is 15.0. The predicted molar refractivity (Wildman–Crippen MR) is 129 cm³/mol. The van der Waals surface area contributed by atoms with Gasteiger partial charge in [0.1, 0.15) is 5.75 Å². The monoisotopic (exact) mass is 497 g/mol. The van der Waals surface area contributed by atoms with E-state index in [1.807, 2.05) is 42.2 Å². The zero-order valence-corrected chi connectivity index (χ0v) is 19.2. The van der Waals surface area contributed by atoms with Crippen LogP contribution in [0.3, 0.4) is 0 Å². The topological polar surface area (TPSA) is 97.3 Å². The van der Waals surface area contributed by atoms with Crippen molar-refractivity contribution >= 4 is 40.1 Å². The van der Waals surface area contributed by atoms with Crippen LogP contribution >= 0.6 is 0 Å². The van der Waals surface area contributed by atoms with E-state index in [4.69, 9.17) is 4.74 Å². The Morgan fingerprint density at radius 1 is 0.833 bits per heavy atom. The minimum atomic E-state index is -4.76. The van der Waals surface area contributed by atoms with E-state index >= 15 is 0 Å². The molecule has 0 aliphatic carbocycles. The third-order valence-electron chi connectivity index (χ3n) is 5.35. The number of pyridine rings is 1. The largest absolute Gasteiger partial charge is 0.573 e. The van der Waals surface area contributed by atoms with E-state index < -0.39 is 6.36 Å². The van der Waals surface area contributed by atoms with E-state index in [9.17, 15) is 13.2 Å². The summed E-state index contributed by atoms with van der Waals surface area (Å²) in [5.74, 6) is 0.677. The molecule has 12 heteroatoms. The molecule has 9 nitrogen and oxygen atoms in total. The summed E-state index contributed by atoms with van der Waals surface area (Å²) in [6.07, 6.45) is -4.76. The lowest BCUT2D eigenvalue weighted by Gasteiger charge is -2.27. The molecule has 0 atom stereocenters. The van der Waals surface area contributed by atoms with Crippen LogP contribution < -0.4 is 20.3 Å². The normalized spacial score (nSPS) is 14.1. The number of hydrogen-bond acceptors (Lipinski definition) is 9. The van der Waals surface area contributed by atoms with Gasteiger partial charge in [-0.2, -0.15) is 15.0 Å². The molecule has 0 bridgehead atoms. The zero-order chi connectivity index (χ0) is 25.1. The first-order valence-electron chi connectivity index (χ1n) is 11.2. The molecule has 3 heterocycles. The number of nitrogens with one attached hydrogen (secondary N) is 2. The average molecular weight is 497 g/mol. The van der Waals surface area contributed by atoms with Crippen LogP contribution in [0.2, 0.25) is 0 Å². The highest BCUT2D eigenvalue weighted by atomic mass is 19.4. The minimum absolute atomic E-state index is 0.233. The number of fused-ring (bicyclic) bond motifs is 1. The van der Waals surface area contributed by atoms with Crippen molar-refractivity contribution in [1.29, 1.82) is 0 Å². The predicted octanol–water partition coefficient (Wildman–Crippen LogP) is 4.95. The van der Waals surface area contributed by atoms with Gasteiger partial charge in [-0.15, -0.1) is 13.2 Å². The lowest BCUT2D eigenvalue weighted by atomic mass is 10.2. The lowest BCUT2D eigenvalue weighted by Crippen LogP contribution is -2.37. The summed E-state index contributed by atoms with van der Waals surface area (Å²) in [4.78, 5) is 20.1. The van der Waals surface area contributed by atoms with Crippen molar-refractivity contribution in [3.63, 3.8) is 0 Å². The first kappa shape index (κ1) is 23.5. The Morgan fingerprint density at radius 3 is 2.19 bits per heavy atom. The molecule has 0 saturated carbocycles. The number of rotatable bonds is 6. The molecule has 1 aliphatic heterocycles. The molecule has 0 radical (unpaired) electrons. The molecule has 2 aromatic heterocycles. The maximum atomic E-state index is 12.4. The number of ether oxygens (including phenoxy) is 2. The Hall–Kier alpha value is -4.19. The highest BCUT2D eigenvalue weighted by Crippen LogP contribution is 2.26. The van der Waals surface area contributed by atoms with Gasteiger partial charge in [-0.25, -0.2) is 0 Å². The van der Waals surface area contributed by atoms with Crippen LogP contribution in [0.1, 0.15) is 5.69 Å². The molecule has 5 rings (SSSR count). The second kappa shape index (κ2) is 9.82. The molecule has 2 N–H and O–H groups in total. The SMILES string of the molecule is Cc1ccc2cc(Nc3nc(Nc4ccc(OC(F)(F)F)cc4)nc(N4CCOCC4)n3)ccc2n1. The number of alkyl halides is 3. The quantitative estimate of drug-likeness (QED) is 0.383. The van der Waals surface area contributed by atoms with Crippen molar-refractivity contribution in [2.75, 3.05) is 41.8 Å². The fourth-order valence-electron chi connectivity index (χ4n) is 3.68. The standard InChI is InChI=1S/C24H22F3N7O2/c1-15-2-3-16-14-18(6-9-20(16)28-15)30-22-31-21(32-23(33-22)34-10-12-35-13-11-34)29-17-4-7-19(8-5-17)36-24(25,26)27/h2-9,14H,10-13H2,1H3,(H2,29,30,31,32,33). The fourth-order valence-corrected chi connectivity index (χ4v) is 3.68. The third-order valence-corrected chi connectivity index (χ3v) is 5.35. The van der Waals surface area contributed by atoms with Gasteiger partial charge >= 0.3 is 6.36 Å². The van der Waals surface area contributed by atoms with Crippen LogP contribution in [0.25, 0.3) is 10.9 Å². The van der Waals surface area contributed by atoms with Gasteiger partial charge in [0.15, 0.2) is 0 Å². The first-order chi connectivity index (χ1) is 17.3. The molecule has 4 aromatic rings. The Bertz CT molecular complexity index is 1360. The number of nitrogens with zero attached hydrogens (tertiary/aromatic N) is 5. The molecular formula is C24H22F3N7O2. The van der Waals surface area contributed by atoms with Crippen LogP contribution in [-0.4, -0.2) is 52.6 Å². The maximum absolute atomic E-state index is 12.4. The Kier molecular flexibility index (Phi) is 6.42. The maximum Gasteiger partial charge on any atom is 0.573 e. The Morgan fingerprint density at radius 2 is 1.50 bits per heavy atom. The van der Waals surface area contributed by atoms with Gasteiger partial charge < -0.3 is 25.0 Å². The third kappa shape index (κ3) is 5.89. The molecule has 36 heavy (non-hydrogen) atoms. The number of halogens is 3. The van der Waals surface area contributed by atoms with Crippen LogP contribution in [0.5, 0.6) is 5.75 Å². The highest BCUT2D eigenvalue weighted by Gasteiger charge is 2.31. The molecule has 1 saturated heterocycles. The molecule has 0 amide bonds. The van der Waals surface area contributed by atoms with E-state index in [0.29, 0.717) is 43.9 Å². The number of hydrogen-bond donors (Lipinski definition) is 2. The van der Waals surface area contributed by atoms with Gasteiger partial charge in [0, 0.05) is 35.5 Å². The molecule has 1 aliphatic rings.